The van der Waals surface area contributed by atoms with Crippen molar-refractivity contribution in [1.29, 1.82) is 0 Å². The van der Waals surface area contributed by atoms with Crippen molar-refractivity contribution >= 4 is 5.71 Å². The lowest BCUT2D eigenvalue weighted by Crippen LogP contribution is -2.29. The van der Waals surface area contributed by atoms with Crippen LogP contribution in [0.5, 0.6) is 0 Å². The number of ether oxygens (including phenoxy) is 2. The Hall–Kier alpha value is -4.12. The summed E-state index contributed by atoms with van der Waals surface area (Å²) in [5.74, 6) is 0. The van der Waals surface area contributed by atoms with Crippen molar-refractivity contribution in [3.05, 3.63) is 137 Å². The van der Waals surface area contributed by atoms with E-state index in [1.54, 1.807) is 0 Å². The van der Waals surface area contributed by atoms with E-state index < -0.39 is 0 Å². The standard InChI is InChI=1S/C38H47N7O2/c39-16-22-47-24-23-46-21-15-33-25-32(26-44(28-35-9-1-5-17-40-35)29-36-10-2-6-18-41-36)13-14-34(33)27-45(30-37-11-3-7-19-42-37)31-38-12-4-8-20-43-38/h1-5,7-14,17,19-20,25H,6,15-16,18,21-24,26-31,39H2. The lowest BCUT2D eigenvalue weighted by molar-refractivity contribution is 0.0518. The van der Waals surface area contributed by atoms with Crippen molar-refractivity contribution in [3.8, 4) is 0 Å². The minimum absolute atomic E-state index is 0.518. The van der Waals surface area contributed by atoms with Gasteiger partial charge in [-0.25, -0.2) is 0 Å². The van der Waals surface area contributed by atoms with E-state index in [9.17, 15) is 0 Å². The van der Waals surface area contributed by atoms with E-state index >= 15 is 0 Å². The zero-order chi connectivity index (χ0) is 32.4. The first-order valence-corrected chi connectivity index (χ1v) is 16.6. The molecule has 0 saturated carbocycles. The number of nitrogens with zero attached hydrogens (tertiary/aromatic N) is 6. The Labute approximate surface area is 279 Å². The second kappa shape index (κ2) is 19.5. The summed E-state index contributed by atoms with van der Waals surface area (Å²) in [6.45, 7) is 8.16. The van der Waals surface area contributed by atoms with Crippen LogP contribution in [0.2, 0.25) is 0 Å². The Bertz CT molecular complexity index is 1480. The monoisotopic (exact) mass is 633 g/mol. The summed E-state index contributed by atoms with van der Waals surface area (Å²) in [7, 11) is 0. The summed E-state index contributed by atoms with van der Waals surface area (Å²) in [5.41, 5.74) is 13.6. The van der Waals surface area contributed by atoms with Crippen molar-refractivity contribution in [2.24, 2.45) is 10.7 Å². The van der Waals surface area contributed by atoms with Crippen molar-refractivity contribution in [2.75, 3.05) is 46.1 Å². The molecule has 4 aromatic rings. The molecule has 47 heavy (non-hydrogen) atoms. The van der Waals surface area contributed by atoms with Crippen molar-refractivity contribution < 1.29 is 9.47 Å². The quantitative estimate of drug-likeness (QED) is 0.136. The summed E-state index contributed by atoms with van der Waals surface area (Å²) >= 11 is 0. The average Bonchev–Trinajstić information content (AvgIpc) is 3.10. The zero-order valence-corrected chi connectivity index (χ0v) is 27.3. The first kappa shape index (κ1) is 34.2. The number of rotatable bonds is 20. The van der Waals surface area contributed by atoms with Crippen LogP contribution in [0.25, 0.3) is 0 Å². The molecule has 3 aromatic heterocycles. The third-order valence-electron chi connectivity index (χ3n) is 7.86. The van der Waals surface area contributed by atoms with Crippen LogP contribution in [0.15, 0.2) is 109 Å². The van der Waals surface area contributed by atoms with Gasteiger partial charge in [-0.1, -0.05) is 42.5 Å². The first-order chi connectivity index (χ1) is 23.2. The average molecular weight is 634 g/mol. The van der Waals surface area contributed by atoms with Gasteiger partial charge in [0.15, 0.2) is 0 Å². The van der Waals surface area contributed by atoms with Crippen molar-refractivity contribution in [3.63, 3.8) is 0 Å². The molecule has 1 aromatic carbocycles. The van der Waals surface area contributed by atoms with Gasteiger partial charge in [0.05, 0.1) is 43.5 Å². The lowest BCUT2D eigenvalue weighted by Gasteiger charge is -2.25. The van der Waals surface area contributed by atoms with Crippen molar-refractivity contribution in [2.45, 2.75) is 45.6 Å². The predicted molar refractivity (Wildman–Crippen MR) is 187 cm³/mol. The summed E-state index contributed by atoms with van der Waals surface area (Å²) in [5, 5.41) is 0. The Kier molecular flexibility index (Phi) is 14.2. The molecule has 0 atom stereocenters. The molecule has 0 unspecified atom stereocenters. The van der Waals surface area contributed by atoms with Gasteiger partial charge in [-0.3, -0.25) is 29.7 Å². The molecule has 5 rings (SSSR count). The van der Waals surface area contributed by atoms with E-state index in [1.165, 1.54) is 16.7 Å². The van der Waals surface area contributed by atoms with Gasteiger partial charge >= 0.3 is 0 Å². The molecule has 0 amide bonds. The summed E-state index contributed by atoms with van der Waals surface area (Å²) < 4.78 is 11.5. The molecule has 4 heterocycles. The molecule has 0 spiro atoms. The lowest BCUT2D eigenvalue weighted by atomic mass is 10.00. The maximum absolute atomic E-state index is 5.99. The second-order valence-electron chi connectivity index (χ2n) is 11.7. The van der Waals surface area contributed by atoms with E-state index in [-0.39, 0.29) is 0 Å². The minimum atomic E-state index is 0.518. The van der Waals surface area contributed by atoms with E-state index in [0.717, 1.165) is 81.4 Å². The molecule has 0 saturated heterocycles. The molecule has 246 valence electrons. The fraction of sp³-hybridized carbons (Fsp3) is 0.368. The number of benzene rings is 1. The molecule has 1 aliphatic rings. The van der Waals surface area contributed by atoms with E-state index in [4.69, 9.17) is 20.2 Å². The van der Waals surface area contributed by atoms with Gasteiger partial charge in [-0.15, -0.1) is 0 Å². The van der Waals surface area contributed by atoms with Crippen LogP contribution in [0.3, 0.4) is 0 Å². The number of aromatic nitrogens is 3. The van der Waals surface area contributed by atoms with E-state index in [2.05, 4.69) is 73.3 Å². The molecular weight excluding hydrogens is 586 g/mol. The molecule has 2 N–H and O–H groups in total. The molecular formula is C38H47N7O2. The second-order valence-corrected chi connectivity index (χ2v) is 11.7. The molecule has 1 aliphatic heterocycles. The van der Waals surface area contributed by atoms with Crippen LogP contribution in [0, 0.1) is 0 Å². The Morgan fingerprint density at radius 2 is 1.23 bits per heavy atom. The number of dihydropyridines is 1. The number of aliphatic imine (C=N–C) groups is 1. The third kappa shape index (κ3) is 12.2. The van der Waals surface area contributed by atoms with Gasteiger partial charge in [0.2, 0.25) is 0 Å². The number of pyridine rings is 3. The van der Waals surface area contributed by atoms with Crippen LogP contribution in [0.4, 0.5) is 0 Å². The molecule has 0 radical (unpaired) electrons. The third-order valence-corrected chi connectivity index (χ3v) is 7.86. The van der Waals surface area contributed by atoms with Crippen LogP contribution >= 0.6 is 0 Å². The van der Waals surface area contributed by atoms with Crippen LogP contribution in [-0.4, -0.2) is 76.5 Å². The first-order valence-electron chi connectivity index (χ1n) is 16.6. The maximum Gasteiger partial charge on any atom is 0.0701 e. The predicted octanol–water partition coefficient (Wildman–Crippen LogP) is 5.01. The topological polar surface area (TPSA) is 102 Å². The highest BCUT2D eigenvalue weighted by atomic mass is 16.5. The largest absolute Gasteiger partial charge is 0.379 e. The van der Waals surface area contributed by atoms with Gasteiger partial charge < -0.3 is 15.2 Å². The maximum atomic E-state index is 5.99. The number of hydrogen-bond donors (Lipinski definition) is 1. The Morgan fingerprint density at radius 3 is 1.79 bits per heavy atom. The summed E-state index contributed by atoms with van der Waals surface area (Å²) in [4.78, 5) is 23.5. The highest BCUT2D eigenvalue weighted by Gasteiger charge is 2.16. The molecule has 0 bridgehead atoms. The van der Waals surface area contributed by atoms with Gasteiger partial charge in [0, 0.05) is 76.7 Å². The van der Waals surface area contributed by atoms with E-state index in [1.807, 2.05) is 55.0 Å². The summed E-state index contributed by atoms with van der Waals surface area (Å²) in [6.07, 6.45) is 11.8. The Balaban J connectivity index is 1.36. The van der Waals surface area contributed by atoms with Gasteiger partial charge in [0.25, 0.3) is 0 Å². The zero-order valence-electron chi connectivity index (χ0n) is 27.3. The number of nitrogens with two attached hydrogens (primary N) is 1. The molecule has 9 heteroatoms. The Morgan fingerprint density at radius 1 is 0.617 bits per heavy atom. The molecule has 0 fully saturated rings. The van der Waals surface area contributed by atoms with Crippen molar-refractivity contribution in [1.82, 2.24) is 24.8 Å². The van der Waals surface area contributed by atoms with Gasteiger partial charge in [-0.05, 0) is 72.0 Å². The molecule has 9 nitrogen and oxygen atoms in total. The fourth-order valence-corrected chi connectivity index (χ4v) is 5.64. The smallest absolute Gasteiger partial charge is 0.0701 e. The summed E-state index contributed by atoms with van der Waals surface area (Å²) in [6, 6.07) is 25.2. The van der Waals surface area contributed by atoms with Crippen LogP contribution in [-0.2, 0) is 48.6 Å². The highest BCUT2D eigenvalue weighted by Crippen LogP contribution is 2.20. The highest BCUT2D eigenvalue weighted by molar-refractivity contribution is 5.97. The molecule has 0 aliphatic carbocycles. The van der Waals surface area contributed by atoms with Crippen LogP contribution < -0.4 is 5.73 Å². The SMILES string of the molecule is NCCOCCOCCc1cc(CN(CC2=NCCC=C2)Cc2ccccn2)ccc1CN(Cc1ccccn1)Cc1ccccn1. The van der Waals surface area contributed by atoms with Crippen LogP contribution in [0.1, 0.15) is 40.2 Å². The van der Waals surface area contributed by atoms with Gasteiger partial charge in [0.1, 0.15) is 0 Å². The normalized spacial score (nSPS) is 13.0. The minimum Gasteiger partial charge on any atom is -0.379 e. The fourth-order valence-electron chi connectivity index (χ4n) is 5.64. The van der Waals surface area contributed by atoms with Gasteiger partial charge in [-0.2, -0.15) is 0 Å². The number of hydrogen-bond acceptors (Lipinski definition) is 9. The van der Waals surface area contributed by atoms with E-state index in [0.29, 0.717) is 33.0 Å².